The smallest absolute Gasteiger partial charge is 0.161 e. The minimum atomic E-state index is -0.243. The van der Waals surface area contributed by atoms with Gasteiger partial charge >= 0.3 is 0 Å². The SMILES string of the molecule is COC(C)C(=O)CCC(C)(C)C. The van der Waals surface area contributed by atoms with Crippen molar-refractivity contribution in [3.05, 3.63) is 0 Å². The number of ether oxygens (including phenoxy) is 1. The summed E-state index contributed by atoms with van der Waals surface area (Å²) in [4.78, 5) is 11.3. The maximum atomic E-state index is 11.3. The van der Waals surface area contributed by atoms with Crippen LogP contribution in [0.25, 0.3) is 0 Å². The number of ketones is 1. The zero-order valence-electron chi connectivity index (χ0n) is 8.81. The zero-order valence-corrected chi connectivity index (χ0v) is 8.81. The number of Topliss-reactive ketones (excluding diaryl/α,β-unsaturated/α-hetero) is 1. The van der Waals surface area contributed by atoms with Crippen LogP contribution in [0.2, 0.25) is 0 Å². The van der Waals surface area contributed by atoms with Gasteiger partial charge in [0.15, 0.2) is 5.78 Å². The zero-order chi connectivity index (χ0) is 9.78. The highest BCUT2D eigenvalue weighted by Crippen LogP contribution is 2.21. The van der Waals surface area contributed by atoms with Gasteiger partial charge < -0.3 is 4.74 Å². The minimum absolute atomic E-state index is 0.201. The van der Waals surface area contributed by atoms with Crippen LogP contribution in [0.15, 0.2) is 0 Å². The number of hydrogen-bond donors (Lipinski definition) is 0. The monoisotopic (exact) mass is 172 g/mol. The van der Waals surface area contributed by atoms with E-state index in [4.69, 9.17) is 4.74 Å². The average molecular weight is 172 g/mol. The average Bonchev–Trinajstić information content (AvgIpc) is 1.97. The molecule has 0 saturated heterocycles. The molecule has 0 amide bonds. The van der Waals surface area contributed by atoms with Crippen LogP contribution in [0.1, 0.15) is 40.5 Å². The number of carbonyl (C=O) groups excluding carboxylic acids is 1. The van der Waals surface area contributed by atoms with E-state index in [-0.39, 0.29) is 17.3 Å². The lowest BCUT2D eigenvalue weighted by Gasteiger charge is -2.18. The van der Waals surface area contributed by atoms with Crippen molar-refractivity contribution in [2.45, 2.75) is 46.6 Å². The molecule has 0 heterocycles. The van der Waals surface area contributed by atoms with E-state index in [0.717, 1.165) is 6.42 Å². The molecule has 0 spiro atoms. The van der Waals surface area contributed by atoms with E-state index in [1.165, 1.54) is 0 Å². The summed E-state index contributed by atoms with van der Waals surface area (Å²) in [6.07, 6.45) is 1.31. The molecule has 1 atom stereocenters. The largest absolute Gasteiger partial charge is 0.374 e. The van der Waals surface area contributed by atoms with Gasteiger partial charge in [-0.25, -0.2) is 0 Å². The Balaban J connectivity index is 3.72. The molecular formula is C10H20O2. The number of carbonyl (C=O) groups is 1. The van der Waals surface area contributed by atoms with Crippen LogP contribution in [0.5, 0.6) is 0 Å². The second kappa shape index (κ2) is 4.61. The topological polar surface area (TPSA) is 26.3 Å². The van der Waals surface area contributed by atoms with Crippen molar-refractivity contribution in [2.75, 3.05) is 7.11 Å². The molecule has 0 aromatic heterocycles. The lowest BCUT2D eigenvalue weighted by atomic mass is 9.89. The molecule has 0 aliphatic carbocycles. The lowest BCUT2D eigenvalue weighted by Crippen LogP contribution is -2.20. The maximum Gasteiger partial charge on any atom is 0.161 e. The molecule has 2 nitrogen and oxygen atoms in total. The highest BCUT2D eigenvalue weighted by atomic mass is 16.5. The van der Waals surface area contributed by atoms with Gasteiger partial charge in [0.05, 0.1) is 0 Å². The van der Waals surface area contributed by atoms with Gasteiger partial charge in [0.2, 0.25) is 0 Å². The number of methoxy groups -OCH3 is 1. The molecule has 0 aliphatic rings. The third-order valence-corrected chi connectivity index (χ3v) is 1.93. The summed E-state index contributed by atoms with van der Waals surface area (Å²) in [5.41, 5.74) is 0.239. The van der Waals surface area contributed by atoms with Crippen LogP contribution >= 0.6 is 0 Å². The standard InChI is InChI=1S/C10H20O2/c1-8(12-5)9(11)6-7-10(2,3)4/h8H,6-7H2,1-5H3. The maximum absolute atomic E-state index is 11.3. The number of hydrogen-bond acceptors (Lipinski definition) is 2. The highest BCUT2D eigenvalue weighted by molar-refractivity contribution is 5.82. The van der Waals surface area contributed by atoms with E-state index in [9.17, 15) is 4.79 Å². The Kier molecular flexibility index (Phi) is 4.46. The van der Waals surface area contributed by atoms with E-state index >= 15 is 0 Å². The normalized spacial score (nSPS) is 14.4. The third kappa shape index (κ3) is 5.30. The van der Waals surface area contributed by atoms with Crippen LogP contribution in [-0.2, 0) is 9.53 Å². The molecule has 2 heteroatoms. The summed E-state index contributed by atoms with van der Waals surface area (Å²) in [5.74, 6) is 0.201. The molecule has 0 N–H and O–H groups in total. The van der Waals surface area contributed by atoms with Crippen LogP contribution in [-0.4, -0.2) is 19.0 Å². The van der Waals surface area contributed by atoms with Crippen molar-refractivity contribution >= 4 is 5.78 Å². The summed E-state index contributed by atoms with van der Waals surface area (Å²) in [6.45, 7) is 8.21. The minimum Gasteiger partial charge on any atom is -0.374 e. The van der Waals surface area contributed by atoms with Gasteiger partial charge in [-0.3, -0.25) is 4.79 Å². The first kappa shape index (κ1) is 11.6. The first-order valence-corrected chi connectivity index (χ1v) is 4.42. The van der Waals surface area contributed by atoms with Gasteiger partial charge in [-0.05, 0) is 18.8 Å². The molecule has 0 fully saturated rings. The molecule has 0 radical (unpaired) electrons. The Labute approximate surface area is 75.3 Å². The van der Waals surface area contributed by atoms with Crippen LogP contribution in [0, 0.1) is 5.41 Å². The van der Waals surface area contributed by atoms with Crippen LogP contribution in [0.4, 0.5) is 0 Å². The Bertz CT molecular complexity index is 144. The van der Waals surface area contributed by atoms with Gasteiger partial charge in [-0.15, -0.1) is 0 Å². The highest BCUT2D eigenvalue weighted by Gasteiger charge is 2.16. The van der Waals surface area contributed by atoms with Gasteiger partial charge in [0, 0.05) is 13.5 Å². The van der Waals surface area contributed by atoms with Gasteiger partial charge in [-0.2, -0.15) is 0 Å². The molecule has 72 valence electrons. The molecule has 0 rings (SSSR count). The van der Waals surface area contributed by atoms with E-state index < -0.39 is 0 Å². The van der Waals surface area contributed by atoms with Gasteiger partial charge in [-0.1, -0.05) is 20.8 Å². The van der Waals surface area contributed by atoms with Crippen molar-refractivity contribution < 1.29 is 9.53 Å². The Morgan fingerprint density at radius 2 is 1.92 bits per heavy atom. The molecule has 1 unspecified atom stereocenters. The van der Waals surface area contributed by atoms with Gasteiger partial charge in [0.25, 0.3) is 0 Å². The predicted octanol–water partition coefficient (Wildman–Crippen LogP) is 2.42. The fraction of sp³-hybridized carbons (Fsp3) is 0.900. The van der Waals surface area contributed by atoms with E-state index in [1.54, 1.807) is 14.0 Å². The van der Waals surface area contributed by atoms with Crippen molar-refractivity contribution in [2.24, 2.45) is 5.41 Å². The molecular weight excluding hydrogens is 152 g/mol. The summed E-state index contributed by atoms with van der Waals surface area (Å²) >= 11 is 0. The first-order chi connectivity index (χ1) is 5.37. The summed E-state index contributed by atoms with van der Waals surface area (Å²) in [6, 6.07) is 0. The van der Waals surface area contributed by atoms with Crippen molar-refractivity contribution in [1.29, 1.82) is 0 Å². The fourth-order valence-electron chi connectivity index (χ4n) is 0.833. The summed E-state index contributed by atoms with van der Waals surface area (Å²) in [5, 5.41) is 0. The predicted molar refractivity (Wildman–Crippen MR) is 50.2 cm³/mol. The molecule has 0 saturated carbocycles. The Hall–Kier alpha value is -0.370. The molecule has 12 heavy (non-hydrogen) atoms. The van der Waals surface area contributed by atoms with Gasteiger partial charge in [0.1, 0.15) is 6.10 Å². The Morgan fingerprint density at radius 1 is 1.42 bits per heavy atom. The summed E-state index contributed by atoms with van der Waals surface area (Å²) in [7, 11) is 1.57. The Morgan fingerprint density at radius 3 is 2.25 bits per heavy atom. The third-order valence-electron chi connectivity index (χ3n) is 1.93. The van der Waals surface area contributed by atoms with E-state index in [1.807, 2.05) is 0 Å². The van der Waals surface area contributed by atoms with Crippen LogP contribution in [0.3, 0.4) is 0 Å². The van der Waals surface area contributed by atoms with Crippen molar-refractivity contribution in [3.63, 3.8) is 0 Å². The molecule has 0 bridgehead atoms. The van der Waals surface area contributed by atoms with Crippen molar-refractivity contribution in [3.8, 4) is 0 Å². The number of rotatable bonds is 4. The van der Waals surface area contributed by atoms with E-state index in [2.05, 4.69) is 20.8 Å². The van der Waals surface area contributed by atoms with Crippen LogP contribution < -0.4 is 0 Å². The summed E-state index contributed by atoms with van der Waals surface area (Å²) < 4.78 is 4.93. The second-order valence-electron chi connectivity index (χ2n) is 4.40. The molecule has 0 aliphatic heterocycles. The second-order valence-corrected chi connectivity index (χ2v) is 4.40. The molecule has 0 aromatic carbocycles. The van der Waals surface area contributed by atoms with Crippen molar-refractivity contribution in [1.82, 2.24) is 0 Å². The first-order valence-electron chi connectivity index (χ1n) is 4.42. The molecule has 0 aromatic rings. The quantitative estimate of drug-likeness (QED) is 0.651. The lowest BCUT2D eigenvalue weighted by molar-refractivity contribution is -0.128. The fourth-order valence-corrected chi connectivity index (χ4v) is 0.833. The van der Waals surface area contributed by atoms with E-state index in [0.29, 0.717) is 6.42 Å².